The van der Waals surface area contributed by atoms with Gasteiger partial charge in [0.2, 0.25) is 5.91 Å². The van der Waals surface area contributed by atoms with Gasteiger partial charge < -0.3 is 14.8 Å². The van der Waals surface area contributed by atoms with Crippen LogP contribution in [0.2, 0.25) is 0 Å². The molecule has 2 aromatic rings. The van der Waals surface area contributed by atoms with Crippen molar-refractivity contribution < 1.29 is 19.1 Å². The van der Waals surface area contributed by atoms with Gasteiger partial charge in [-0.05, 0) is 36.3 Å². The predicted octanol–water partition coefficient (Wildman–Crippen LogP) is 3.59. The summed E-state index contributed by atoms with van der Waals surface area (Å²) in [5, 5.41) is 2.81. The monoisotopic (exact) mass is 353 g/mol. The van der Waals surface area contributed by atoms with Crippen LogP contribution in [-0.2, 0) is 16.1 Å². The number of methoxy groups -OCH3 is 1. The van der Waals surface area contributed by atoms with Gasteiger partial charge in [-0.2, -0.15) is 0 Å². The lowest BCUT2D eigenvalue weighted by Gasteiger charge is -2.07. The van der Waals surface area contributed by atoms with Gasteiger partial charge >= 0.3 is 5.97 Å². The smallest absolute Gasteiger partial charge is 0.337 e. The first-order valence-electron chi connectivity index (χ1n) is 8.49. The minimum absolute atomic E-state index is 0.202. The molecule has 0 bridgehead atoms. The Morgan fingerprint density at radius 2 is 1.81 bits per heavy atom. The van der Waals surface area contributed by atoms with Gasteiger partial charge in [-0.3, -0.25) is 4.79 Å². The molecule has 5 nitrogen and oxygen atoms in total. The number of benzene rings is 2. The van der Waals surface area contributed by atoms with Crippen molar-refractivity contribution in [2.24, 2.45) is 0 Å². The SMILES string of the molecule is CCCOc1ccccc1/C=C/C(=O)NCc1ccc(C(=O)OC)cc1. The van der Waals surface area contributed by atoms with Crippen molar-refractivity contribution >= 4 is 18.0 Å². The quantitative estimate of drug-likeness (QED) is 0.582. The second kappa shape index (κ2) is 10.0. The lowest BCUT2D eigenvalue weighted by Crippen LogP contribution is -2.20. The zero-order valence-corrected chi connectivity index (χ0v) is 15.0. The average Bonchev–Trinajstić information content (AvgIpc) is 2.69. The number of para-hydroxylation sites is 1. The Labute approximate surface area is 153 Å². The summed E-state index contributed by atoms with van der Waals surface area (Å²) in [5.41, 5.74) is 2.23. The minimum Gasteiger partial charge on any atom is -0.493 e. The fourth-order valence-electron chi connectivity index (χ4n) is 2.25. The highest BCUT2D eigenvalue weighted by Gasteiger charge is 2.05. The van der Waals surface area contributed by atoms with Crippen molar-refractivity contribution in [2.75, 3.05) is 13.7 Å². The van der Waals surface area contributed by atoms with E-state index in [1.54, 1.807) is 30.3 Å². The van der Waals surface area contributed by atoms with E-state index in [4.69, 9.17) is 4.74 Å². The van der Waals surface area contributed by atoms with E-state index in [9.17, 15) is 9.59 Å². The lowest BCUT2D eigenvalue weighted by molar-refractivity contribution is -0.116. The number of amides is 1. The van der Waals surface area contributed by atoms with Crippen LogP contribution >= 0.6 is 0 Å². The molecule has 0 aliphatic heterocycles. The Bertz CT molecular complexity index is 766. The highest BCUT2D eigenvalue weighted by molar-refractivity contribution is 5.92. The first-order valence-corrected chi connectivity index (χ1v) is 8.49. The summed E-state index contributed by atoms with van der Waals surface area (Å²) >= 11 is 0. The molecule has 136 valence electrons. The first kappa shape index (κ1) is 19.2. The van der Waals surface area contributed by atoms with Gasteiger partial charge in [0.25, 0.3) is 0 Å². The standard InChI is InChI=1S/C21H23NO4/c1-3-14-26-19-7-5-4-6-17(19)12-13-20(23)22-15-16-8-10-18(11-9-16)21(24)25-2/h4-13H,3,14-15H2,1-2H3,(H,22,23)/b13-12+. The van der Waals surface area contributed by atoms with Gasteiger partial charge in [0.1, 0.15) is 5.75 Å². The Hall–Kier alpha value is -3.08. The highest BCUT2D eigenvalue weighted by Crippen LogP contribution is 2.19. The van der Waals surface area contributed by atoms with E-state index in [2.05, 4.69) is 10.1 Å². The van der Waals surface area contributed by atoms with E-state index in [0.717, 1.165) is 23.3 Å². The number of esters is 1. The topological polar surface area (TPSA) is 64.6 Å². The number of ether oxygens (including phenoxy) is 2. The number of hydrogen-bond acceptors (Lipinski definition) is 4. The van der Waals surface area contributed by atoms with Crippen LogP contribution in [0.4, 0.5) is 0 Å². The van der Waals surface area contributed by atoms with E-state index in [-0.39, 0.29) is 11.9 Å². The van der Waals surface area contributed by atoms with Crippen LogP contribution in [-0.4, -0.2) is 25.6 Å². The van der Waals surface area contributed by atoms with Crippen molar-refractivity contribution in [2.45, 2.75) is 19.9 Å². The van der Waals surface area contributed by atoms with Crippen molar-refractivity contribution in [3.05, 3.63) is 71.3 Å². The van der Waals surface area contributed by atoms with Gasteiger partial charge in [0.15, 0.2) is 0 Å². The number of rotatable bonds is 8. The van der Waals surface area contributed by atoms with Crippen molar-refractivity contribution in [3.63, 3.8) is 0 Å². The summed E-state index contributed by atoms with van der Waals surface area (Å²) in [6.45, 7) is 3.06. The maximum atomic E-state index is 12.0. The van der Waals surface area contributed by atoms with Crippen LogP contribution in [0.5, 0.6) is 5.75 Å². The molecule has 0 unspecified atom stereocenters. The van der Waals surface area contributed by atoms with Crippen LogP contribution in [0.25, 0.3) is 6.08 Å². The third-order valence-electron chi connectivity index (χ3n) is 3.64. The Morgan fingerprint density at radius 3 is 2.50 bits per heavy atom. The number of hydrogen-bond donors (Lipinski definition) is 1. The van der Waals surface area contributed by atoms with Gasteiger partial charge in [-0.15, -0.1) is 0 Å². The van der Waals surface area contributed by atoms with Gasteiger partial charge in [0.05, 0.1) is 19.3 Å². The summed E-state index contributed by atoms with van der Waals surface area (Å²) in [6.07, 6.45) is 4.14. The molecule has 2 aromatic carbocycles. The molecule has 0 aromatic heterocycles. The molecule has 0 atom stereocenters. The number of nitrogens with one attached hydrogen (secondary N) is 1. The largest absolute Gasteiger partial charge is 0.493 e. The van der Waals surface area contributed by atoms with Gasteiger partial charge in [-0.1, -0.05) is 37.3 Å². The fourth-order valence-corrected chi connectivity index (χ4v) is 2.25. The van der Waals surface area contributed by atoms with Crippen molar-refractivity contribution in [1.82, 2.24) is 5.32 Å². The van der Waals surface area contributed by atoms with Crippen LogP contribution in [0, 0.1) is 0 Å². The van der Waals surface area contributed by atoms with Crippen LogP contribution in [0.3, 0.4) is 0 Å². The van der Waals surface area contributed by atoms with E-state index >= 15 is 0 Å². The molecule has 0 aliphatic rings. The maximum absolute atomic E-state index is 12.0. The third-order valence-corrected chi connectivity index (χ3v) is 3.64. The summed E-state index contributed by atoms with van der Waals surface area (Å²) in [7, 11) is 1.34. The molecule has 0 saturated heterocycles. The molecule has 0 heterocycles. The molecular formula is C21H23NO4. The molecule has 0 radical (unpaired) electrons. The zero-order valence-electron chi connectivity index (χ0n) is 15.0. The summed E-state index contributed by atoms with van der Waals surface area (Å²) < 4.78 is 10.3. The minimum atomic E-state index is -0.382. The number of carbonyl (C=O) groups excluding carboxylic acids is 2. The molecule has 0 fully saturated rings. The molecule has 0 aliphatic carbocycles. The second-order valence-corrected chi connectivity index (χ2v) is 5.63. The third kappa shape index (κ3) is 5.77. The highest BCUT2D eigenvalue weighted by atomic mass is 16.5. The summed E-state index contributed by atoms with van der Waals surface area (Å²) in [4.78, 5) is 23.4. The van der Waals surface area contributed by atoms with E-state index < -0.39 is 0 Å². The molecule has 0 saturated carbocycles. The van der Waals surface area contributed by atoms with E-state index in [0.29, 0.717) is 18.7 Å². The molecule has 1 amide bonds. The molecule has 5 heteroatoms. The first-order chi connectivity index (χ1) is 12.6. The maximum Gasteiger partial charge on any atom is 0.337 e. The lowest BCUT2D eigenvalue weighted by atomic mass is 10.1. The van der Waals surface area contributed by atoms with Gasteiger partial charge in [-0.25, -0.2) is 4.79 Å². The Morgan fingerprint density at radius 1 is 1.08 bits per heavy atom. The Kier molecular flexibility index (Phi) is 7.43. The van der Waals surface area contributed by atoms with Crippen LogP contribution in [0.1, 0.15) is 34.8 Å². The molecular weight excluding hydrogens is 330 g/mol. The zero-order chi connectivity index (χ0) is 18.8. The molecule has 0 spiro atoms. The number of carbonyl (C=O) groups is 2. The second-order valence-electron chi connectivity index (χ2n) is 5.63. The van der Waals surface area contributed by atoms with E-state index in [1.807, 2.05) is 31.2 Å². The summed E-state index contributed by atoms with van der Waals surface area (Å²) in [6, 6.07) is 14.5. The molecule has 2 rings (SSSR count). The summed E-state index contributed by atoms with van der Waals surface area (Å²) in [5.74, 6) is 0.177. The molecule has 26 heavy (non-hydrogen) atoms. The molecule has 1 N–H and O–H groups in total. The fraction of sp³-hybridized carbons (Fsp3) is 0.238. The van der Waals surface area contributed by atoms with Crippen LogP contribution < -0.4 is 10.1 Å². The predicted molar refractivity (Wildman–Crippen MR) is 101 cm³/mol. The van der Waals surface area contributed by atoms with Crippen molar-refractivity contribution in [1.29, 1.82) is 0 Å². The van der Waals surface area contributed by atoms with Gasteiger partial charge in [0, 0.05) is 18.2 Å². The average molecular weight is 353 g/mol. The van der Waals surface area contributed by atoms with E-state index in [1.165, 1.54) is 13.2 Å². The Balaban J connectivity index is 1.91. The van der Waals surface area contributed by atoms with Crippen LogP contribution in [0.15, 0.2) is 54.6 Å². The normalized spacial score (nSPS) is 10.5. The van der Waals surface area contributed by atoms with Crippen molar-refractivity contribution in [3.8, 4) is 5.75 Å².